The Labute approximate surface area is 185 Å². The molecule has 3 rings (SSSR count). The number of amides is 1. The van der Waals surface area contributed by atoms with Crippen molar-refractivity contribution < 1.29 is 9.53 Å². The molecule has 1 aliphatic carbocycles. The molecule has 160 valence electrons. The highest BCUT2D eigenvalue weighted by Gasteiger charge is 2.15. The normalized spacial score (nSPS) is 14.1. The molecule has 0 bridgehead atoms. The van der Waals surface area contributed by atoms with E-state index in [4.69, 9.17) is 17.0 Å². The summed E-state index contributed by atoms with van der Waals surface area (Å²) in [6.45, 7) is 0.619. The lowest BCUT2D eigenvalue weighted by molar-refractivity contribution is -0.120. The van der Waals surface area contributed by atoms with Gasteiger partial charge >= 0.3 is 0 Å². The zero-order valence-electron chi connectivity index (χ0n) is 17.6. The molecule has 1 saturated carbocycles. The topological polar surface area (TPSA) is 50.4 Å². The summed E-state index contributed by atoms with van der Waals surface area (Å²) < 4.78 is 5.96. The Bertz CT molecular complexity index is 804. The fraction of sp³-hybridized carbons (Fsp3) is 0.440. The van der Waals surface area contributed by atoms with E-state index in [9.17, 15) is 4.79 Å². The van der Waals surface area contributed by atoms with E-state index in [-0.39, 0.29) is 5.91 Å². The minimum atomic E-state index is -0.0145. The molecule has 0 atom stereocenters. The Morgan fingerprint density at radius 1 is 1.00 bits per heavy atom. The fourth-order valence-electron chi connectivity index (χ4n) is 3.95. The first-order valence-electron chi connectivity index (χ1n) is 11.1. The van der Waals surface area contributed by atoms with Crippen LogP contribution in [0.4, 0.5) is 5.69 Å². The lowest BCUT2D eigenvalue weighted by Gasteiger charge is -2.21. The van der Waals surface area contributed by atoms with Crippen LogP contribution in [0.1, 0.15) is 56.9 Å². The van der Waals surface area contributed by atoms with Crippen molar-refractivity contribution in [2.24, 2.45) is 5.92 Å². The number of hydrogen-bond donors (Lipinski definition) is 2. The van der Waals surface area contributed by atoms with Crippen molar-refractivity contribution in [3.8, 4) is 5.75 Å². The van der Waals surface area contributed by atoms with Gasteiger partial charge in [-0.3, -0.25) is 4.79 Å². The molecule has 0 unspecified atom stereocenters. The monoisotopic (exact) mass is 424 g/mol. The van der Waals surface area contributed by atoms with Gasteiger partial charge in [-0.2, -0.15) is 0 Å². The summed E-state index contributed by atoms with van der Waals surface area (Å²) >= 11 is 5.34. The smallest absolute Gasteiger partial charge is 0.226 e. The van der Waals surface area contributed by atoms with Gasteiger partial charge in [-0.05, 0) is 55.1 Å². The van der Waals surface area contributed by atoms with Gasteiger partial charge in [0.05, 0.1) is 12.3 Å². The summed E-state index contributed by atoms with van der Waals surface area (Å²) in [6.07, 6.45) is 9.84. The molecule has 1 amide bonds. The molecule has 1 fully saturated rings. The number of aryl methyl sites for hydroxylation is 1. The van der Waals surface area contributed by atoms with Crippen molar-refractivity contribution in [1.82, 2.24) is 5.32 Å². The van der Waals surface area contributed by atoms with Crippen LogP contribution in [-0.4, -0.2) is 17.6 Å². The number of carbonyl (C=O) groups excluding carboxylic acids is 1. The van der Waals surface area contributed by atoms with E-state index in [0.717, 1.165) is 30.7 Å². The first-order valence-corrected chi connectivity index (χ1v) is 11.5. The maximum Gasteiger partial charge on any atom is 0.226 e. The molecule has 0 radical (unpaired) electrons. The van der Waals surface area contributed by atoms with E-state index in [1.165, 1.54) is 37.7 Å². The Kier molecular flexibility index (Phi) is 9.16. The number of anilines is 1. The molecule has 2 N–H and O–H groups in total. The van der Waals surface area contributed by atoms with Gasteiger partial charge in [0.1, 0.15) is 5.75 Å². The molecule has 0 aliphatic heterocycles. The van der Waals surface area contributed by atoms with E-state index >= 15 is 0 Å². The zero-order valence-corrected chi connectivity index (χ0v) is 18.4. The quantitative estimate of drug-likeness (QED) is 0.390. The Hall–Kier alpha value is -2.40. The standard InChI is InChI=1S/C25H32N2O2S/c28-24(18-17-21-12-5-2-6-13-21)27-25(30)26-22-15-7-8-16-23(22)29-19-9-14-20-10-3-1-4-11-20/h1,3-4,7-8,10-11,15-16,21H,2,5-6,9,12-14,17-19H2,(H2,26,27,28,30). The number of hydrogen-bond acceptors (Lipinski definition) is 3. The average Bonchev–Trinajstić information content (AvgIpc) is 2.78. The van der Waals surface area contributed by atoms with Gasteiger partial charge in [-0.15, -0.1) is 0 Å². The Morgan fingerprint density at radius 3 is 2.53 bits per heavy atom. The van der Waals surface area contributed by atoms with Crippen LogP contribution in [-0.2, 0) is 11.2 Å². The van der Waals surface area contributed by atoms with E-state index in [1.807, 2.05) is 30.3 Å². The van der Waals surface area contributed by atoms with Crippen molar-refractivity contribution in [3.05, 3.63) is 60.2 Å². The van der Waals surface area contributed by atoms with Gasteiger partial charge in [0.2, 0.25) is 5.91 Å². The predicted octanol–water partition coefficient (Wildman–Crippen LogP) is 5.87. The molecule has 2 aromatic carbocycles. The molecule has 0 heterocycles. The highest BCUT2D eigenvalue weighted by Crippen LogP contribution is 2.27. The number of nitrogens with one attached hydrogen (secondary N) is 2. The molecule has 0 aromatic heterocycles. The van der Waals surface area contributed by atoms with Gasteiger partial charge in [0.25, 0.3) is 0 Å². The largest absolute Gasteiger partial charge is 0.491 e. The van der Waals surface area contributed by atoms with E-state index in [2.05, 4.69) is 34.9 Å². The molecular formula is C25H32N2O2S. The number of ether oxygens (including phenoxy) is 1. The number of carbonyl (C=O) groups is 1. The van der Waals surface area contributed by atoms with E-state index < -0.39 is 0 Å². The Morgan fingerprint density at radius 2 is 1.73 bits per heavy atom. The zero-order chi connectivity index (χ0) is 21.0. The predicted molar refractivity (Wildman–Crippen MR) is 127 cm³/mol. The summed E-state index contributed by atoms with van der Waals surface area (Å²) in [7, 11) is 0. The van der Waals surface area contributed by atoms with Crippen LogP contribution in [0.25, 0.3) is 0 Å². The van der Waals surface area contributed by atoms with Gasteiger partial charge < -0.3 is 15.4 Å². The summed E-state index contributed by atoms with van der Waals surface area (Å²) in [5.74, 6) is 1.42. The Balaban J connectivity index is 1.40. The van der Waals surface area contributed by atoms with Crippen LogP contribution >= 0.6 is 12.2 Å². The molecule has 5 heteroatoms. The lowest BCUT2D eigenvalue weighted by Crippen LogP contribution is -2.34. The third-order valence-electron chi connectivity index (χ3n) is 5.60. The van der Waals surface area contributed by atoms with Gasteiger partial charge in [0, 0.05) is 6.42 Å². The number of thiocarbonyl (C=S) groups is 1. The second-order valence-corrected chi connectivity index (χ2v) is 8.39. The fourth-order valence-corrected chi connectivity index (χ4v) is 4.18. The number of rotatable bonds is 9. The van der Waals surface area contributed by atoms with Crippen molar-refractivity contribution in [2.45, 2.75) is 57.8 Å². The SMILES string of the molecule is O=C(CCC1CCCCC1)NC(=S)Nc1ccccc1OCCCc1ccccc1. The van der Waals surface area contributed by atoms with Crippen LogP contribution < -0.4 is 15.4 Å². The molecule has 2 aromatic rings. The third-order valence-corrected chi connectivity index (χ3v) is 5.81. The highest BCUT2D eigenvalue weighted by atomic mass is 32.1. The number of benzene rings is 2. The summed E-state index contributed by atoms with van der Waals surface area (Å²) in [4.78, 5) is 12.2. The third kappa shape index (κ3) is 7.79. The molecule has 1 aliphatic rings. The minimum Gasteiger partial charge on any atom is -0.491 e. The average molecular weight is 425 g/mol. The van der Waals surface area contributed by atoms with Gasteiger partial charge in [-0.25, -0.2) is 0 Å². The second kappa shape index (κ2) is 12.3. The first-order chi connectivity index (χ1) is 14.7. The highest BCUT2D eigenvalue weighted by molar-refractivity contribution is 7.80. The van der Waals surface area contributed by atoms with Crippen LogP contribution in [0.2, 0.25) is 0 Å². The van der Waals surface area contributed by atoms with Gasteiger partial charge in [-0.1, -0.05) is 74.6 Å². The lowest BCUT2D eigenvalue weighted by atomic mass is 9.86. The molecular weight excluding hydrogens is 392 g/mol. The van der Waals surface area contributed by atoms with E-state index in [0.29, 0.717) is 24.1 Å². The molecule has 0 saturated heterocycles. The van der Waals surface area contributed by atoms with Crippen molar-refractivity contribution in [3.63, 3.8) is 0 Å². The maximum atomic E-state index is 12.2. The minimum absolute atomic E-state index is 0.0145. The molecule has 30 heavy (non-hydrogen) atoms. The van der Waals surface area contributed by atoms with Crippen LogP contribution in [0.3, 0.4) is 0 Å². The maximum absolute atomic E-state index is 12.2. The molecule has 4 nitrogen and oxygen atoms in total. The second-order valence-electron chi connectivity index (χ2n) is 7.98. The van der Waals surface area contributed by atoms with Crippen molar-refractivity contribution >= 4 is 28.9 Å². The van der Waals surface area contributed by atoms with Crippen LogP contribution in [0, 0.1) is 5.92 Å². The van der Waals surface area contributed by atoms with Gasteiger partial charge in [0.15, 0.2) is 5.11 Å². The van der Waals surface area contributed by atoms with Crippen LogP contribution in [0.5, 0.6) is 5.75 Å². The van der Waals surface area contributed by atoms with Crippen LogP contribution in [0.15, 0.2) is 54.6 Å². The number of para-hydroxylation sites is 2. The summed E-state index contributed by atoms with van der Waals surface area (Å²) in [6, 6.07) is 18.1. The summed E-state index contributed by atoms with van der Waals surface area (Å²) in [5, 5.41) is 6.25. The van der Waals surface area contributed by atoms with E-state index in [1.54, 1.807) is 0 Å². The summed E-state index contributed by atoms with van der Waals surface area (Å²) in [5.41, 5.74) is 2.08. The first kappa shape index (κ1) is 22.3. The van der Waals surface area contributed by atoms with Crippen molar-refractivity contribution in [2.75, 3.05) is 11.9 Å². The van der Waals surface area contributed by atoms with Crippen molar-refractivity contribution in [1.29, 1.82) is 0 Å². The molecule has 0 spiro atoms.